The van der Waals surface area contributed by atoms with Crippen LogP contribution >= 0.6 is 11.6 Å². The van der Waals surface area contributed by atoms with E-state index >= 15 is 0 Å². The van der Waals surface area contributed by atoms with E-state index in [2.05, 4.69) is 5.10 Å². The first kappa shape index (κ1) is 16.1. The molecule has 4 nitrogen and oxygen atoms in total. The van der Waals surface area contributed by atoms with Gasteiger partial charge in [-0.2, -0.15) is 13.9 Å². The lowest BCUT2D eigenvalue weighted by molar-refractivity contribution is -0.117. The van der Waals surface area contributed by atoms with Gasteiger partial charge in [-0.15, -0.1) is 0 Å². The quantitative estimate of drug-likeness (QED) is 0.817. The van der Waals surface area contributed by atoms with Crippen LogP contribution in [0.15, 0.2) is 11.0 Å². The molecule has 1 aromatic rings. The van der Waals surface area contributed by atoms with Crippen molar-refractivity contribution in [3.8, 4) is 0 Å². The molecule has 2 rings (SSSR count). The Labute approximate surface area is 123 Å². The molecular weight excluding hydrogens is 314 g/mol. The van der Waals surface area contributed by atoms with E-state index in [1.165, 1.54) is 0 Å². The zero-order chi connectivity index (χ0) is 15.6. The van der Waals surface area contributed by atoms with E-state index in [4.69, 9.17) is 11.6 Å². The van der Waals surface area contributed by atoms with Crippen molar-refractivity contribution in [1.29, 1.82) is 0 Å². The summed E-state index contributed by atoms with van der Waals surface area (Å²) in [6.45, 7) is -0.997. The van der Waals surface area contributed by atoms with Gasteiger partial charge in [-0.1, -0.05) is 18.0 Å². The monoisotopic (exact) mass is 327 g/mol. The molecule has 1 N–H and O–H groups in total. The van der Waals surface area contributed by atoms with Crippen molar-refractivity contribution in [2.24, 2.45) is 5.92 Å². The lowest BCUT2D eigenvalue weighted by atomic mass is 9.85. The minimum atomic E-state index is -4.24. The highest BCUT2D eigenvalue weighted by molar-refractivity contribution is 6.32. The minimum absolute atomic E-state index is 0.171. The number of aromatic nitrogens is 2. The molecule has 9 heteroatoms. The number of nitrogens with zero attached hydrogens (tertiary/aromatic N) is 2. The summed E-state index contributed by atoms with van der Waals surface area (Å²) in [7, 11) is 0. The molecular formula is C12H14ClF4N3O. The first-order valence-electron chi connectivity index (χ1n) is 6.46. The fourth-order valence-electron chi connectivity index (χ4n) is 1.96. The van der Waals surface area contributed by atoms with E-state index in [1.54, 1.807) is 0 Å². The second-order valence-corrected chi connectivity index (χ2v) is 5.47. The molecule has 0 aromatic carbocycles. The first-order valence-corrected chi connectivity index (χ1v) is 6.84. The molecule has 0 unspecified atom stereocenters. The van der Waals surface area contributed by atoms with Crippen LogP contribution in [0.1, 0.15) is 19.3 Å². The molecule has 1 aromatic heterocycles. The van der Waals surface area contributed by atoms with Gasteiger partial charge >= 0.3 is 12.3 Å². The van der Waals surface area contributed by atoms with Crippen LogP contribution in [0.25, 0.3) is 0 Å². The first-order chi connectivity index (χ1) is 9.81. The van der Waals surface area contributed by atoms with Gasteiger partial charge in [0.1, 0.15) is 5.69 Å². The van der Waals surface area contributed by atoms with Crippen molar-refractivity contribution in [1.82, 2.24) is 9.78 Å². The van der Waals surface area contributed by atoms with Crippen molar-refractivity contribution in [2.75, 3.05) is 11.9 Å². The van der Waals surface area contributed by atoms with Crippen LogP contribution in [0.3, 0.4) is 0 Å². The highest BCUT2D eigenvalue weighted by Crippen LogP contribution is 2.28. The maximum absolute atomic E-state index is 12.9. The van der Waals surface area contributed by atoms with Gasteiger partial charge in [-0.05, 0) is 18.8 Å². The molecule has 0 saturated heterocycles. The SMILES string of the molecule is O=c1c(NCC(F)(F)C(F)F)c(Cl)cnn1CC1CCC1. The van der Waals surface area contributed by atoms with Crippen LogP contribution in [0, 0.1) is 5.92 Å². The van der Waals surface area contributed by atoms with E-state index in [0.717, 1.165) is 30.1 Å². The number of nitrogens with one attached hydrogen (secondary N) is 1. The highest BCUT2D eigenvalue weighted by atomic mass is 35.5. The second kappa shape index (κ2) is 6.21. The number of rotatable bonds is 6. The summed E-state index contributed by atoms with van der Waals surface area (Å²) in [6.07, 6.45) is 0.359. The lowest BCUT2D eigenvalue weighted by Gasteiger charge is -2.25. The Bertz CT molecular complexity index is 560. The summed E-state index contributed by atoms with van der Waals surface area (Å²) in [4.78, 5) is 12.1. The number of alkyl halides is 4. The van der Waals surface area contributed by atoms with Gasteiger partial charge in [0.15, 0.2) is 0 Å². The predicted molar refractivity (Wildman–Crippen MR) is 70.3 cm³/mol. The number of halogens is 5. The van der Waals surface area contributed by atoms with E-state index in [0.29, 0.717) is 12.5 Å². The Balaban J connectivity index is 2.14. The topological polar surface area (TPSA) is 46.9 Å². The fourth-order valence-corrected chi connectivity index (χ4v) is 2.15. The minimum Gasteiger partial charge on any atom is -0.373 e. The molecule has 0 radical (unpaired) electrons. The van der Waals surface area contributed by atoms with Gasteiger partial charge in [-0.25, -0.2) is 13.5 Å². The van der Waals surface area contributed by atoms with E-state index in [9.17, 15) is 22.4 Å². The molecule has 0 spiro atoms. The van der Waals surface area contributed by atoms with Crippen LogP contribution in [0.2, 0.25) is 5.02 Å². The van der Waals surface area contributed by atoms with Crippen LogP contribution in [-0.4, -0.2) is 28.7 Å². The molecule has 1 aliphatic rings. The van der Waals surface area contributed by atoms with Crippen molar-refractivity contribution in [3.05, 3.63) is 21.6 Å². The molecule has 1 fully saturated rings. The van der Waals surface area contributed by atoms with Gasteiger partial charge in [0.25, 0.3) is 5.56 Å². The molecule has 0 amide bonds. The summed E-state index contributed by atoms with van der Waals surface area (Å²) in [5.41, 5.74) is -1.01. The molecule has 1 saturated carbocycles. The summed E-state index contributed by atoms with van der Waals surface area (Å²) < 4.78 is 51.1. The Morgan fingerprint density at radius 3 is 2.67 bits per heavy atom. The number of hydrogen-bond acceptors (Lipinski definition) is 3. The second-order valence-electron chi connectivity index (χ2n) is 5.07. The smallest absolute Gasteiger partial charge is 0.324 e. The molecule has 0 aliphatic heterocycles. The van der Waals surface area contributed by atoms with Crippen LogP contribution in [0.5, 0.6) is 0 Å². The van der Waals surface area contributed by atoms with Crippen molar-refractivity contribution >= 4 is 17.3 Å². The summed E-state index contributed by atoms with van der Waals surface area (Å²) >= 11 is 5.72. The maximum atomic E-state index is 12.9. The van der Waals surface area contributed by atoms with Crippen molar-refractivity contribution in [3.63, 3.8) is 0 Å². The Morgan fingerprint density at radius 1 is 1.48 bits per heavy atom. The third-order valence-electron chi connectivity index (χ3n) is 3.47. The average Bonchev–Trinajstić information content (AvgIpc) is 2.35. The normalized spacial score (nSPS) is 16.1. The standard InChI is InChI=1S/C12H14ClF4N3O/c13-8-4-19-20(5-7-2-1-3-7)10(21)9(8)18-6-12(16,17)11(14)15/h4,7,11,18H,1-3,5-6H2. The number of hydrogen-bond donors (Lipinski definition) is 1. The summed E-state index contributed by atoms with van der Waals surface area (Å²) in [5, 5.41) is 5.68. The van der Waals surface area contributed by atoms with E-state index in [1.807, 2.05) is 5.32 Å². The van der Waals surface area contributed by atoms with Crippen LogP contribution in [0.4, 0.5) is 23.2 Å². The van der Waals surface area contributed by atoms with Crippen LogP contribution < -0.4 is 10.9 Å². The zero-order valence-electron chi connectivity index (χ0n) is 11.0. The Kier molecular flexibility index (Phi) is 4.75. The molecule has 1 aliphatic carbocycles. The lowest BCUT2D eigenvalue weighted by Crippen LogP contribution is -2.37. The van der Waals surface area contributed by atoms with Crippen molar-refractivity contribution in [2.45, 2.75) is 38.2 Å². The highest BCUT2D eigenvalue weighted by Gasteiger charge is 2.40. The molecule has 1 heterocycles. The van der Waals surface area contributed by atoms with Crippen LogP contribution in [-0.2, 0) is 6.54 Å². The summed E-state index contributed by atoms with van der Waals surface area (Å²) in [5.74, 6) is -3.91. The number of anilines is 1. The predicted octanol–water partition coefficient (Wildman–Crippen LogP) is 3.01. The summed E-state index contributed by atoms with van der Waals surface area (Å²) in [6, 6.07) is 0. The third-order valence-corrected chi connectivity index (χ3v) is 3.76. The van der Waals surface area contributed by atoms with Crippen molar-refractivity contribution < 1.29 is 17.6 Å². The Morgan fingerprint density at radius 2 is 2.14 bits per heavy atom. The molecule has 0 atom stereocenters. The molecule has 21 heavy (non-hydrogen) atoms. The Hall–Kier alpha value is -1.31. The maximum Gasteiger partial charge on any atom is 0.324 e. The average molecular weight is 328 g/mol. The van der Waals surface area contributed by atoms with Gasteiger partial charge in [0.2, 0.25) is 0 Å². The van der Waals surface area contributed by atoms with Gasteiger partial charge in [0, 0.05) is 6.54 Å². The van der Waals surface area contributed by atoms with E-state index in [-0.39, 0.29) is 10.7 Å². The molecule has 0 bridgehead atoms. The molecule has 118 valence electrons. The van der Waals surface area contributed by atoms with E-state index < -0.39 is 24.5 Å². The van der Waals surface area contributed by atoms with Gasteiger partial charge in [-0.3, -0.25) is 4.79 Å². The largest absolute Gasteiger partial charge is 0.373 e. The van der Waals surface area contributed by atoms with Gasteiger partial charge in [0.05, 0.1) is 17.8 Å². The fraction of sp³-hybridized carbons (Fsp3) is 0.667. The zero-order valence-corrected chi connectivity index (χ0v) is 11.7. The third kappa shape index (κ3) is 3.66. The van der Waals surface area contributed by atoms with Gasteiger partial charge < -0.3 is 5.32 Å².